The molecule has 3 heterocycles. The fourth-order valence-electron chi connectivity index (χ4n) is 2.87. The lowest BCUT2D eigenvalue weighted by molar-refractivity contribution is 0.0786. The van der Waals surface area contributed by atoms with Crippen LogP contribution in [-0.2, 0) is 17.7 Å². The first-order valence-electron chi connectivity index (χ1n) is 7.79. The van der Waals surface area contributed by atoms with Crippen molar-refractivity contribution in [1.29, 1.82) is 0 Å². The van der Waals surface area contributed by atoms with Crippen LogP contribution >= 0.6 is 11.8 Å². The van der Waals surface area contributed by atoms with Gasteiger partial charge in [-0.3, -0.25) is 0 Å². The van der Waals surface area contributed by atoms with E-state index in [-0.39, 0.29) is 0 Å². The largest absolute Gasteiger partial charge is 0.381 e. The molecule has 0 atom stereocenters. The molecule has 112 valence electrons. The van der Waals surface area contributed by atoms with Gasteiger partial charge in [-0.15, -0.1) is 10.2 Å². The van der Waals surface area contributed by atoms with Gasteiger partial charge in [0.25, 0.3) is 0 Å². The van der Waals surface area contributed by atoms with Crippen molar-refractivity contribution in [2.24, 2.45) is 0 Å². The zero-order valence-electron chi connectivity index (χ0n) is 12.0. The van der Waals surface area contributed by atoms with Gasteiger partial charge in [-0.05, 0) is 25.7 Å². The molecule has 0 radical (unpaired) electrons. The molecule has 1 N–H and O–H groups in total. The Kier molecular flexibility index (Phi) is 5.33. The summed E-state index contributed by atoms with van der Waals surface area (Å²) >= 11 is 1.84. The monoisotopic (exact) mass is 296 g/mol. The van der Waals surface area contributed by atoms with Crippen LogP contribution in [0.1, 0.15) is 37.9 Å². The van der Waals surface area contributed by atoms with E-state index in [0.29, 0.717) is 6.04 Å². The third-order valence-corrected chi connectivity index (χ3v) is 5.03. The average molecular weight is 296 g/mol. The number of aromatic nitrogens is 3. The molecule has 0 unspecified atom stereocenters. The van der Waals surface area contributed by atoms with E-state index in [4.69, 9.17) is 4.74 Å². The molecule has 1 saturated heterocycles. The van der Waals surface area contributed by atoms with Crippen LogP contribution in [0.4, 0.5) is 0 Å². The molecule has 3 rings (SSSR count). The molecule has 0 saturated carbocycles. The molecule has 2 aliphatic heterocycles. The second-order valence-electron chi connectivity index (χ2n) is 5.55. The van der Waals surface area contributed by atoms with Crippen LogP contribution < -0.4 is 5.32 Å². The molecule has 2 aliphatic rings. The summed E-state index contributed by atoms with van der Waals surface area (Å²) in [7, 11) is 0. The van der Waals surface area contributed by atoms with Crippen LogP contribution in [0.25, 0.3) is 0 Å². The van der Waals surface area contributed by atoms with Gasteiger partial charge in [-0.1, -0.05) is 18.2 Å². The van der Waals surface area contributed by atoms with Gasteiger partial charge < -0.3 is 14.6 Å². The lowest BCUT2D eigenvalue weighted by Crippen LogP contribution is -2.36. The van der Waals surface area contributed by atoms with E-state index in [0.717, 1.165) is 56.5 Å². The Morgan fingerprint density at radius 1 is 1.20 bits per heavy atom. The van der Waals surface area contributed by atoms with E-state index < -0.39 is 0 Å². The molecule has 1 aromatic rings. The Labute approximate surface area is 124 Å². The van der Waals surface area contributed by atoms with Crippen LogP contribution in [-0.4, -0.2) is 46.3 Å². The van der Waals surface area contributed by atoms with Crippen molar-refractivity contribution < 1.29 is 4.74 Å². The smallest absolute Gasteiger partial charge is 0.191 e. The summed E-state index contributed by atoms with van der Waals surface area (Å²) in [5.74, 6) is 2.25. The van der Waals surface area contributed by atoms with Gasteiger partial charge in [0.2, 0.25) is 0 Å². The van der Waals surface area contributed by atoms with Gasteiger partial charge in [-0.2, -0.15) is 0 Å². The van der Waals surface area contributed by atoms with Crippen molar-refractivity contribution in [3.05, 3.63) is 5.82 Å². The molecule has 1 aromatic heterocycles. The van der Waals surface area contributed by atoms with Gasteiger partial charge in [0.1, 0.15) is 5.82 Å². The van der Waals surface area contributed by atoms with Gasteiger partial charge in [-0.25, -0.2) is 0 Å². The highest BCUT2D eigenvalue weighted by molar-refractivity contribution is 7.99. The highest BCUT2D eigenvalue weighted by Crippen LogP contribution is 2.21. The molecule has 5 nitrogen and oxygen atoms in total. The Bertz CT molecular complexity index is 417. The third kappa shape index (κ3) is 3.74. The number of nitrogens with one attached hydrogen (secondary N) is 1. The molecule has 0 spiro atoms. The second kappa shape index (κ2) is 7.43. The molecule has 0 amide bonds. The number of fused-ring (bicyclic) bond motifs is 1. The topological polar surface area (TPSA) is 52.0 Å². The highest BCUT2D eigenvalue weighted by Gasteiger charge is 2.15. The van der Waals surface area contributed by atoms with Gasteiger partial charge >= 0.3 is 0 Å². The molecule has 20 heavy (non-hydrogen) atoms. The minimum absolute atomic E-state index is 0.639. The van der Waals surface area contributed by atoms with Crippen molar-refractivity contribution in [2.45, 2.75) is 56.3 Å². The van der Waals surface area contributed by atoms with E-state index in [1.54, 1.807) is 0 Å². The maximum atomic E-state index is 5.37. The minimum atomic E-state index is 0.639. The van der Waals surface area contributed by atoms with Crippen LogP contribution in [0.2, 0.25) is 0 Å². The van der Waals surface area contributed by atoms with E-state index in [2.05, 4.69) is 20.1 Å². The van der Waals surface area contributed by atoms with E-state index in [1.807, 2.05) is 11.8 Å². The van der Waals surface area contributed by atoms with Crippen molar-refractivity contribution in [3.63, 3.8) is 0 Å². The SMILES string of the molecule is C1CCc2nnc(SCCNC3CCOCC3)n2CC1. The first kappa shape index (κ1) is 14.4. The molecule has 1 fully saturated rings. The average Bonchev–Trinajstić information content (AvgIpc) is 2.72. The molecular formula is C14H24N4OS. The summed E-state index contributed by atoms with van der Waals surface area (Å²) < 4.78 is 7.70. The first-order chi connectivity index (χ1) is 9.93. The number of rotatable bonds is 5. The predicted octanol–water partition coefficient (Wildman–Crippen LogP) is 1.87. The number of ether oxygens (including phenoxy) is 1. The third-order valence-electron chi connectivity index (χ3n) is 4.06. The zero-order chi connectivity index (χ0) is 13.6. The standard InChI is InChI=1S/C14H24N4OS/c1-2-4-13-16-17-14(18(13)8-3-1)20-11-7-15-12-5-9-19-10-6-12/h12,15H,1-11H2. The molecule has 0 aromatic carbocycles. The fourth-order valence-corrected chi connectivity index (χ4v) is 3.73. The Balaban J connectivity index is 1.43. The Hall–Kier alpha value is -0.590. The summed E-state index contributed by atoms with van der Waals surface area (Å²) in [6, 6.07) is 0.639. The van der Waals surface area contributed by atoms with E-state index in [9.17, 15) is 0 Å². The van der Waals surface area contributed by atoms with Gasteiger partial charge in [0.15, 0.2) is 5.16 Å². The number of hydrogen-bond donors (Lipinski definition) is 1. The Morgan fingerprint density at radius 2 is 2.10 bits per heavy atom. The quantitative estimate of drug-likeness (QED) is 0.664. The van der Waals surface area contributed by atoms with E-state index >= 15 is 0 Å². The molecule has 6 heteroatoms. The number of hydrogen-bond acceptors (Lipinski definition) is 5. The van der Waals surface area contributed by atoms with Crippen molar-refractivity contribution in [3.8, 4) is 0 Å². The first-order valence-corrected chi connectivity index (χ1v) is 8.78. The van der Waals surface area contributed by atoms with E-state index in [1.165, 1.54) is 25.1 Å². The van der Waals surface area contributed by atoms with Crippen molar-refractivity contribution >= 4 is 11.8 Å². The van der Waals surface area contributed by atoms with Crippen molar-refractivity contribution in [1.82, 2.24) is 20.1 Å². The van der Waals surface area contributed by atoms with Crippen LogP contribution in [0.5, 0.6) is 0 Å². The highest BCUT2D eigenvalue weighted by atomic mass is 32.2. The lowest BCUT2D eigenvalue weighted by Gasteiger charge is -2.23. The summed E-state index contributed by atoms with van der Waals surface area (Å²) in [4.78, 5) is 0. The molecular weight excluding hydrogens is 272 g/mol. The molecule has 0 bridgehead atoms. The summed E-state index contributed by atoms with van der Waals surface area (Å²) in [5, 5.41) is 13.4. The summed E-state index contributed by atoms with van der Waals surface area (Å²) in [6.45, 7) is 3.95. The maximum absolute atomic E-state index is 5.37. The Morgan fingerprint density at radius 3 is 3.00 bits per heavy atom. The van der Waals surface area contributed by atoms with Crippen LogP contribution in [0.15, 0.2) is 5.16 Å². The van der Waals surface area contributed by atoms with Gasteiger partial charge in [0.05, 0.1) is 0 Å². The molecule has 0 aliphatic carbocycles. The van der Waals surface area contributed by atoms with Gasteiger partial charge in [0, 0.05) is 44.5 Å². The van der Waals surface area contributed by atoms with Crippen LogP contribution in [0, 0.1) is 0 Å². The predicted molar refractivity (Wildman–Crippen MR) is 80.1 cm³/mol. The second-order valence-corrected chi connectivity index (χ2v) is 6.61. The van der Waals surface area contributed by atoms with Crippen molar-refractivity contribution in [2.75, 3.05) is 25.5 Å². The lowest BCUT2D eigenvalue weighted by atomic mass is 10.1. The fraction of sp³-hybridized carbons (Fsp3) is 0.857. The summed E-state index contributed by atoms with van der Waals surface area (Å²) in [5.41, 5.74) is 0. The number of nitrogens with zero attached hydrogens (tertiary/aromatic N) is 3. The number of thioether (sulfide) groups is 1. The minimum Gasteiger partial charge on any atom is -0.381 e. The summed E-state index contributed by atoms with van der Waals surface area (Å²) in [6.07, 6.45) is 7.22. The maximum Gasteiger partial charge on any atom is 0.191 e. The number of aryl methyl sites for hydroxylation is 1. The van der Waals surface area contributed by atoms with Crippen LogP contribution in [0.3, 0.4) is 0 Å². The normalized spacial score (nSPS) is 20.6. The zero-order valence-corrected chi connectivity index (χ0v) is 12.8.